The molecule has 4 nitrogen and oxygen atoms in total. The van der Waals surface area contributed by atoms with Crippen molar-refractivity contribution in [2.75, 3.05) is 5.73 Å². The highest BCUT2D eigenvalue weighted by Gasteiger charge is 2.06. The SMILES string of the molecule is Nc1ccccc1OCc1cc(-c2ccc(-c3ccccc3)cc2)n[nH]1. The number of nitrogens with one attached hydrogen (secondary N) is 1. The van der Waals surface area contributed by atoms with Crippen LogP contribution in [0.5, 0.6) is 5.75 Å². The van der Waals surface area contributed by atoms with Crippen molar-refractivity contribution in [2.45, 2.75) is 6.61 Å². The number of para-hydroxylation sites is 2. The minimum atomic E-state index is 0.392. The molecule has 1 heterocycles. The van der Waals surface area contributed by atoms with Crippen LogP contribution in [0.1, 0.15) is 5.69 Å². The van der Waals surface area contributed by atoms with Crippen molar-refractivity contribution in [3.05, 3.63) is 90.6 Å². The quantitative estimate of drug-likeness (QED) is 0.507. The number of nitrogen functional groups attached to an aromatic ring is 1. The monoisotopic (exact) mass is 341 g/mol. The van der Waals surface area contributed by atoms with Crippen molar-refractivity contribution < 1.29 is 4.74 Å². The van der Waals surface area contributed by atoms with Crippen LogP contribution in [-0.2, 0) is 6.61 Å². The van der Waals surface area contributed by atoms with E-state index in [1.807, 2.05) is 48.5 Å². The summed E-state index contributed by atoms with van der Waals surface area (Å²) in [5, 5.41) is 7.41. The fraction of sp³-hybridized carbons (Fsp3) is 0.0455. The Hall–Kier alpha value is -3.53. The lowest BCUT2D eigenvalue weighted by molar-refractivity contribution is 0.303. The number of H-pyrrole nitrogens is 1. The van der Waals surface area contributed by atoms with E-state index >= 15 is 0 Å². The number of nitrogens with zero attached hydrogens (tertiary/aromatic N) is 1. The minimum Gasteiger partial charge on any atom is -0.485 e. The van der Waals surface area contributed by atoms with Crippen LogP contribution in [0.4, 0.5) is 5.69 Å². The summed E-state index contributed by atoms with van der Waals surface area (Å²) >= 11 is 0. The van der Waals surface area contributed by atoms with Gasteiger partial charge in [-0.25, -0.2) is 0 Å². The third-order valence-corrected chi connectivity index (χ3v) is 4.22. The van der Waals surface area contributed by atoms with Gasteiger partial charge in [-0.05, 0) is 29.3 Å². The molecule has 0 radical (unpaired) electrons. The summed E-state index contributed by atoms with van der Waals surface area (Å²) in [7, 11) is 0. The standard InChI is InChI=1S/C22H19N3O/c23-20-8-4-5-9-22(20)26-15-19-14-21(25-24-19)18-12-10-17(11-13-18)16-6-2-1-3-7-16/h1-14H,15,23H2,(H,24,25). The normalized spacial score (nSPS) is 10.6. The Morgan fingerprint density at radius 1 is 0.769 bits per heavy atom. The molecular formula is C22H19N3O. The van der Waals surface area contributed by atoms with E-state index in [1.165, 1.54) is 11.1 Å². The zero-order valence-corrected chi connectivity index (χ0v) is 14.2. The number of aromatic amines is 1. The molecule has 0 saturated carbocycles. The number of ether oxygens (including phenoxy) is 1. The largest absolute Gasteiger partial charge is 0.485 e. The van der Waals surface area contributed by atoms with Gasteiger partial charge < -0.3 is 10.5 Å². The average molecular weight is 341 g/mol. The van der Waals surface area contributed by atoms with E-state index < -0.39 is 0 Å². The van der Waals surface area contributed by atoms with Gasteiger partial charge in [0, 0.05) is 5.56 Å². The third-order valence-electron chi connectivity index (χ3n) is 4.22. The lowest BCUT2D eigenvalue weighted by atomic mass is 10.0. The van der Waals surface area contributed by atoms with Crippen molar-refractivity contribution in [3.8, 4) is 28.1 Å². The van der Waals surface area contributed by atoms with Gasteiger partial charge in [0.1, 0.15) is 12.4 Å². The summed E-state index contributed by atoms with van der Waals surface area (Å²) in [5.41, 5.74) is 11.8. The highest BCUT2D eigenvalue weighted by Crippen LogP contribution is 2.25. The molecule has 3 aromatic carbocycles. The molecule has 0 aliphatic heterocycles. The second-order valence-corrected chi connectivity index (χ2v) is 6.05. The molecule has 4 heteroatoms. The molecule has 0 amide bonds. The van der Waals surface area contributed by atoms with E-state index in [2.05, 4.69) is 46.6 Å². The molecule has 1 aromatic heterocycles. The Labute approximate surface area is 152 Å². The predicted molar refractivity (Wildman–Crippen MR) is 105 cm³/mol. The van der Waals surface area contributed by atoms with E-state index in [9.17, 15) is 0 Å². The Morgan fingerprint density at radius 3 is 2.19 bits per heavy atom. The van der Waals surface area contributed by atoms with Crippen LogP contribution in [-0.4, -0.2) is 10.2 Å². The summed E-state index contributed by atoms with van der Waals surface area (Å²) in [4.78, 5) is 0. The summed E-state index contributed by atoms with van der Waals surface area (Å²) in [6, 6.07) is 28.2. The zero-order chi connectivity index (χ0) is 17.8. The molecule has 3 N–H and O–H groups in total. The van der Waals surface area contributed by atoms with Gasteiger partial charge in [-0.3, -0.25) is 5.10 Å². The van der Waals surface area contributed by atoms with Gasteiger partial charge in [0.05, 0.1) is 17.1 Å². The van der Waals surface area contributed by atoms with Crippen molar-refractivity contribution in [1.82, 2.24) is 10.2 Å². The van der Waals surface area contributed by atoms with Crippen LogP contribution in [0.2, 0.25) is 0 Å². The number of hydrogen-bond donors (Lipinski definition) is 2. The maximum Gasteiger partial charge on any atom is 0.142 e. The second-order valence-electron chi connectivity index (χ2n) is 6.05. The van der Waals surface area contributed by atoms with E-state index in [0.717, 1.165) is 17.0 Å². The zero-order valence-electron chi connectivity index (χ0n) is 14.2. The molecule has 0 unspecified atom stereocenters. The molecule has 0 atom stereocenters. The topological polar surface area (TPSA) is 63.9 Å². The van der Waals surface area contributed by atoms with Crippen LogP contribution in [0.15, 0.2) is 84.9 Å². The first kappa shape index (κ1) is 16.0. The first-order valence-corrected chi connectivity index (χ1v) is 8.47. The van der Waals surface area contributed by atoms with Gasteiger partial charge >= 0.3 is 0 Å². The molecule has 0 aliphatic carbocycles. The molecule has 128 valence electrons. The first-order chi connectivity index (χ1) is 12.8. The van der Waals surface area contributed by atoms with Crippen LogP contribution in [0.25, 0.3) is 22.4 Å². The molecule has 0 bridgehead atoms. The number of benzene rings is 3. The number of rotatable bonds is 5. The van der Waals surface area contributed by atoms with Crippen LogP contribution in [0, 0.1) is 0 Å². The molecule has 26 heavy (non-hydrogen) atoms. The van der Waals surface area contributed by atoms with Gasteiger partial charge in [0.2, 0.25) is 0 Å². The van der Waals surface area contributed by atoms with E-state index in [-0.39, 0.29) is 0 Å². The lowest BCUT2D eigenvalue weighted by Gasteiger charge is -2.06. The molecule has 4 rings (SSSR count). The van der Waals surface area contributed by atoms with E-state index in [0.29, 0.717) is 18.0 Å². The summed E-state index contributed by atoms with van der Waals surface area (Å²) in [6.07, 6.45) is 0. The Balaban J connectivity index is 1.47. The van der Waals surface area contributed by atoms with Gasteiger partial charge in [-0.2, -0.15) is 5.10 Å². The molecular weight excluding hydrogens is 322 g/mol. The molecule has 0 saturated heterocycles. The maximum atomic E-state index is 5.89. The fourth-order valence-electron chi connectivity index (χ4n) is 2.81. The molecule has 0 spiro atoms. The second kappa shape index (κ2) is 7.15. The number of anilines is 1. The van der Waals surface area contributed by atoms with Crippen molar-refractivity contribution in [1.29, 1.82) is 0 Å². The van der Waals surface area contributed by atoms with E-state index in [4.69, 9.17) is 10.5 Å². The number of hydrogen-bond acceptors (Lipinski definition) is 3. The molecule has 4 aromatic rings. The first-order valence-electron chi connectivity index (χ1n) is 8.47. The minimum absolute atomic E-state index is 0.392. The highest BCUT2D eigenvalue weighted by atomic mass is 16.5. The summed E-state index contributed by atoms with van der Waals surface area (Å²) < 4.78 is 5.75. The predicted octanol–water partition coefficient (Wildman–Crippen LogP) is 4.90. The van der Waals surface area contributed by atoms with Gasteiger partial charge in [-0.1, -0.05) is 66.7 Å². The average Bonchev–Trinajstić information content (AvgIpc) is 3.17. The number of aromatic nitrogens is 2. The van der Waals surface area contributed by atoms with Gasteiger partial charge in [0.25, 0.3) is 0 Å². The lowest BCUT2D eigenvalue weighted by Crippen LogP contribution is -1.98. The van der Waals surface area contributed by atoms with Gasteiger partial charge in [0.15, 0.2) is 0 Å². The maximum absolute atomic E-state index is 5.89. The molecule has 0 aliphatic rings. The summed E-state index contributed by atoms with van der Waals surface area (Å²) in [6.45, 7) is 0.392. The Morgan fingerprint density at radius 2 is 1.42 bits per heavy atom. The van der Waals surface area contributed by atoms with Gasteiger partial charge in [-0.15, -0.1) is 0 Å². The summed E-state index contributed by atoms with van der Waals surface area (Å²) in [5.74, 6) is 0.677. The molecule has 0 fully saturated rings. The highest BCUT2D eigenvalue weighted by molar-refractivity contribution is 5.68. The van der Waals surface area contributed by atoms with Crippen molar-refractivity contribution in [2.24, 2.45) is 0 Å². The van der Waals surface area contributed by atoms with Crippen molar-refractivity contribution >= 4 is 5.69 Å². The Kier molecular flexibility index (Phi) is 4.39. The van der Waals surface area contributed by atoms with Crippen LogP contribution >= 0.6 is 0 Å². The smallest absolute Gasteiger partial charge is 0.142 e. The third kappa shape index (κ3) is 3.44. The van der Waals surface area contributed by atoms with Crippen LogP contribution in [0.3, 0.4) is 0 Å². The number of nitrogens with two attached hydrogens (primary N) is 1. The Bertz CT molecular complexity index is 991. The van der Waals surface area contributed by atoms with E-state index in [1.54, 1.807) is 0 Å². The fourth-order valence-corrected chi connectivity index (χ4v) is 2.81. The van der Waals surface area contributed by atoms with Crippen LogP contribution < -0.4 is 10.5 Å². The van der Waals surface area contributed by atoms with Crippen molar-refractivity contribution in [3.63, 3.8) is 0 Å².